The molecule has 7 heteroatoms. The monoisotopic (exact) mass is 326 g/mol. The number of methoxy groups -OCH3 is 1. The molecule has 3 rings (SSSR count). The average molecular weight is 326 g/mol. The summed E-state index contributed by atoms with van der Waals surface area (Å²) in [4.78, 5) is 16.0. The lowest BCUT2D eigenvalue weighted by molar-refractivity contribution is -0.136. The summed E-state index contributed by atoms with van der Waals surface area (Å²) in [5.74, 6) is 0.353. The Labute approximate surface area is 133 Å². The summed E-state index contributed by atoms with van der Waals surface area (Å²) in [7, 11) is 3.37. The van der Waals surface area contributed by atoms with Gasteiger partial charge in [0.05, 0.1) is 6.04 Å². The standard InChI is InChI=1S/C16H20F2N2O3/c1-19-13-9-20(8-12(13)14(22-2)15(19)21)7-10-4-3-5-11(6-10)23-16(17)18/h3-6,12-14,16H,7-9H2,1-2H3/t12-,13+,14-/m0/s1. The van der Waals surface area contributed by atoms with Gasteiger partial charge in [-0.05, 0) is 17.7 Å². The lowest BCUT2D eigenvalue weighted by atomic mass is 10.0. The quantitative estimate of drug-likeness (QED) is 0.824. The van der Waals surface area contributed by atoms with E-state index in [4.69, 9.17) is 4.74 Å². The number of halogens is 2. The van der Waals surface area contributed by atoms with Gasteiger partial charge in [-0.2, -0.15) is 8.78 Å². The van der Waals surface area contributed by atoms with E-state index >= 15 is 0 Å². The van der Waals surface area contributed by atoms with Crippen molar-refractivity contribution >= 4 is 5.91 Å². The number of likely N-dealkylation sites (N-methyl/N-ethyl adjacent to an activating group) is 1. The van der Waals surface area contributed by atoms with Gasteiger partial charge in [0.1, 0.15) is 11.9 Å². The van der Waals surface area contributed by atoms with E-state index in [9.17, 15) is 13.6 Å². The highest BCUT2D eigenvalue weighted by molar-refractivity contribution is 5.84. The summed E-state index contributed by atoms with van der Waals surface area (Å²) in [6.07, 6.45) is -0.386. The smallest absolute Gasteiger partial charge is 0.387 e. The lowest BCUT2D eigenvalue weighted by Crippen LogP contribution is -2.36. The zero-order valence-corrected chi connectivity index (χ0v) is 13.1. The molecule has 0 radical (unpaired) electrons. The van der Waals surface area contributed by atoms with Crippen LogP contribution in [0.5, 0.6) is 5.75 Å². The topological polar surface area (TPSA) is 42.0 Å². The third kappa shape index (κ3) is 3.16. The number of hydrogen-bond acceptors (Lipinski definition) is 4. The molecule has 126 valence electrons. The van der Waals surface area contributed by atoms with E-state index in [1.54, 1.807) is 31.2 Å². The van der Waals surface area contributed by atoms with Crippen molar-refractivity contribution in [2.75, 3.05) is 27.2 Å². The molecule has 2 saturated heterocycles. The Balaban J connectivity index is 1.66. The number of alkyl halides is 2. The van der Waals surface area contributed by atoms with E-state index < -0.39 is 6.61 Å². The first-order chi connectivity index (χ1) is 11.0. The van der Waals surface area contributed by atoms with Crippen molar-refractivity contribution in [3.8, 4) is 5.75 Å². The number of carbonyl (C=O) groups excluding carboxylic acids is 1. The van der Waals surface area contributed by atoms with Crippen LogP contribution in [0.4, 0.5) is 8.78 Å². The molecule has 2 aliphatic rings. The Hall–Kier alpha value is -1.73. The molecule has 0 aliphatic carbocycles. The van der Waals surface area contributed by atoms with Crippen molar-refractivity contribution < 1.29 is 23.0 Å². The van der Waals surface area contributed by atoms with Crippen LogP contribution in [0.2, 0.25) is 0 Å². The number of benzene rings is 1. The third-order valence-corrected chi connectivity index (χ3v) is 4.67. The molecule has 1 aromatic carbocycles. The normalized spacial score (nSPS) is 27.8. The minimum atomic E-state index is -2.82. The number of amides is 1. The number of carbonyl (C=O) groups is 1. The van der Waals surface area contributed by atoms with Gasteiger partial charge in [-0.1, -0.05) is 12.1 Å². The molecule has 0 aromatic heterocycles. The first kappa shape index (κ1) is 16.1. The second-order valence-electron chi connectivity index (χ2n) is 6.06. The molecule has 2 fully saturated rings. The maximum atomic E-state index is 12.3. The van der Waals surface area contributed by atoms with E-state index in [-0.39, 0.29) is 29.7 Å². The molecule has 3 atom stereocenters. The zero-order chi connectivity index (χ0) is 16.6. The summed E-state index contributed by atoms with van der Waals surface area (Å²) in [6, 6.07) is 6.88. The number of rotatable bonds is 5. The van der Waals surface area contributed by atoms with Crippen LogP contribution >= 0.6 is 0 Å². The predicted octanol–water partition coefficient (Wildman–Crippen LogP) is 1.58. The van der Waals surface area contributed by atoms with Crippen LogP contribution in [-0.4, -0.2) is 61.7 Å². The Bertz CT molecular complexity index is 584. The van der Waals surface area contributed by atoms with Crippen molar-refractivity contribution in [2.45, 2.75) is 25.3 Å². The Kier molecular flexibility index (Phi) is 4.50. The molecule has 5 nitrogen and oxygen atoms in total. The minimum Gasteiger partial charge on any atom is -0.435 e. The van der Waals surface area contributed by atoms with Gasteiger partial charge in [0.2, 0.25) is 0 Å². The second kappa shape index (κ2) is 6.41. The first-order valence-corrected chi connectivity index (χ1v) is 7.55. The maximum absolute atomic E-state index is 12.3. The van der Waals surface area contributed by atoms with Crippen molar-refractivity contribution in [1.82, 2.24) is 9.80 Å². The molecule has 1 amide bonds. The maximum Gasteiger partial charge on any atom is 0.387 e. The van der Waals surface area contributed by atoms with Gasteiger partial charge in [-0.25, -0.2) is 0 Å². The van der Waals surface area contributed by atoms with Crippen molar-refractivity contribution in [3.63, 3.8) is 0 Å². The summed E-state index contributed by atoms with van der Waals surface area (Å²) in [6.45, 7) is -0.684. The van der Waals surface area contributed by atoms with Gasteiger partial charge in [0.15, 0.2) is 0 Å². The fourth-order valence-electron chi connectivity index (χ4n) is 3.63. The van der Waals surface area contributed by atoms with Crippen LogP contribution in [-0.2, 0) is 16.1 Å². The molecule has 0 saturated carbocycles. The molecule has 0 N–H and O–H groups in total. The molecular weight excluding hydrogens is 306 g/mol. The van der Waals surface area contributed by atoms with E-state index in [1.807, 2.05) is 6.07 Å². The first-order valence-electron chi connectivity index (χ1n) is 7.55. The summed E-state index contributed by atoms with van der Waals surface area (Å²) < 4.78 is 34.4. The summed E-state index contributed by atoms with van der Waals surface area (Å²) in [5.41, 5.74) is 0.908. The molecule has 2 aliphatic heterocycles. The van der Waals surface area contributed by atoms with Crippen LogP contribution in [0.3, 0.4) is 0 Å². The third-order valence-electron chi connectivity index (χ3n) is 4.67. The molecule has 1 aromatic rings. The number of nitrogens with zero attached hydrogens (tertiary/aromatic N) is 2. The molecule has 0 unspecified atom stereocenters. The molecule has 23 heavy (non-hydrogen) atoms. The Morgan fingerprint density at radius 1 is 1.35 bits per heavy atom. The number of fused-ring (bicyclic) bond motifs is 1. The minimum absolute atomic E-state index is 0.0366. The largest absolute Gasteiger partial charge is 0.435 e. The van der Waals surface area contributed by atoms with Crippen LogP contribution < -0.4 is 4.74 Å². The van der Waals surface area contributed by atoms with Crippen molar-refractivity contribution in [3.05, 3.63) is 29.8 Å². The van der Waals surface area contributed by atoms with Crippen molar-refractivity contribution in [1.29, 1.82) is 0 Å². The Morgan fingerprint density at radius 2 is 2.13 bits per heavy atom. The number of hydrogen-bond donors (Lipinski definition) is 0. The fraction of sp³-hybridized carbons (Fsp3) is 0.562. The van der Waals surface area contributed by atoms with E-state index in [1.165, 1.54) is 6.07 Å². The molecule has 0 spiro atoms. The molecule has 0 bridgehead atoms. The van der Waals surface area contributed by atoms with E-state index in [0.29, 0.717) is 6.54 Å². The number of ether oxygens (including phenoxy) is 2. The van der Waals surface area contributed by atoms with E-state index in [2.05, 4.69) is 9.64 Å². The summed E-state index contributed by atoms with van der Waals surface area (Å²) >= 11 is 0. The van der Waals surface area contributed by atoms with Gasteiger partial charge in [0, 0.05) is 39.7 Å². The van der Waals surface area contributed by atoms with Crippen LogP contribution in [0, 0.1) is 5.92 Å². The average Bonchev–Trinajstić information content (AvgIpc) is 2.98. The Morgan fingerprint density at radius 3 is 2.83 bits per heavy atom. The predicted molar refractivity (Wildman–Crippen MR) is 79.2 cm³/mol. The fourth-order valence-corrected chi connectivity index (χ4v) is 3.63. The second-order valence-corrected chi connectivity index (χ2v) is 6.06. The van der Waals surface area contributed by atoms with Crippen LogP contribution in [0.15, 0.2) is 24.3 Å². The highest BCUT2D eigenvalue weighted by atomic mass is 19.3. The highest BCUT2D eigenvalue weighted by Gasteiger charge is 2.51. The molecule has 2 heterocycles. The zero-order valence-electron chi connectivity index (χ0n) is 13.1. The van der Waals surface area contributed by atoms with Gasteiger partial charge >= 0.3 is 6.61 Å². The number of likely N-dealkylation sites (tertiary alicyclic amines) is 2. The lowest BCUT2D eigenvalue weighted by Gasteiger charge is -2.21. The summed E-state index contributed by atoms with van der Waals surface area (Å²) in [5, 5.41) is 0. The van der Waals surface area contributed by atoms with Gasteiger partial charge in [-0.15, -0.1) is 0 Å². The van der Waals surface area contributed by atoms with Crippen LogP contribution in [0.1, 0.15) is 5.56 Å². The SMILES string of the molecule is CO[C@@H]1C(=O)N(C)[C@@H]2CN(Cc3cccc(OC(F)F)c3)C[C@H]12. The highest BCUT2D eigenvalue weighted by Crippen LogP contribution is 2.34. The van der Waals surface area contributed by atoms with Crippen LogP contribution in [0.25, 0.3) is 0 Å². The van der Waals surface area contributed by atoms with Gasteiger partial charge in [-0.3, -0.25) is 9.69 Å². The van der Waals surface area contributed by atoms with Crippen molar-refractivity contribution in [2.24, 2.45) is 5.92 Å². The van der Waals surface area contributed by atoms with E-state index in [0.717, 1.165) is 18.7 Å². The molecular formula is C16H20F2N2O3. The van der Waals surface area contributed by atoms with Gasteiger partial charge in [0.25, 0.3) is 5.91 Å². The van der Waals surface area contributed by atoms with Gasteiger partial charge < -0.3 is 14.4 Å².